The van der Waals surface area contributed by atoms with Crippen LogP contribution in [0.5, 0.6) is 0 Å². The normalized spacial score (nSPS) is 11.6. The highest BCUT2D eigenvalue weighted by Crippen LogP contribution is 2.12. The van der Waals surface area contributed by atoms with Crippen LogP contribution in [0.15, 0.2) is 18.2 Å². The van der Waals surface area contributed by atoms with Crippen LogP contribution in [0.3, 0.4) is 0 Å². The van der Waals surface area contributed by atoms with E-state index in [1.807, 2.05) is 13.0 Å². The summed E-state index contributed by atoms with van der Waals surface area (Å²) >= 11 is 0. The average Bonchev–Trinajstić information content (AvgIpc) is 2.09. The molecule has 0 radical (unpaired) electrons. The van der Waals surface area contributed by atoms with Crippen molar-refractivity contribution >= 4 is 5.69 Å². The molecular weight excluding hydrogens is 203 g/mol. The van der Waals surface area contributed by atoms with Crippen molar-refractivity contribution in [3.8, 4) is 0 Å². The molecule has 0 aliphatic carbocycles. The first-order valence-corrected chi connectivity index (χ1v) is 5.63. The quantitative estimate of drug-likeness (QED) is 0.768. The Bertz CT molecular complexity index is 322. The lowest BCUT2D eigenvalue weighted by molar-refractivity contribution is 0.435. The van der Waals surface area contributed by atoms with Gasteiger partial charge in [-0.2, -0.15) is 0 Å². The summed E-state index contributed by atoms with van der Waals surface area (Å²) in [6.45, 7) is 9.92. The predicted molar refractivity (Wildman–Crippen MR) is 67.4 cm³/mol. The molecule has 0 spiro atoms. The Morgan fingerprint density at radius 2 is 1.81 bits per heavy atom. The molecule has 0 fully saturated rings. The highest BCUT2D eigenvalue weighted by molar-refractivity contribution is 5.45. The number of hydrogen-bond donors (Lipinski definition) is 2. The minimum atomic E-state index is -0.189. The molecule has 90 valence electrons. The molecule has 0 heterocycles. The fourth-order valence-corrected chi connectivity index (χ4v) is 1.48. The molecule has 0 bridgehead atoms. The molecule has 1 aromatic carbocycles. The zero-order chi connectivity index (χ0) is 12.2. The van der Waals surface area contributed by atoms with Crippen molar-refractivity contribution < 1.29 is 4.39 Å². The number of hydrogen-bond acceptors (Lipinski definition) is 2. The van der Waals surface area contributed by atoms with Crippen molar-refractivity contribution in [2.24, 2.45) is 0 Å². The third kappa shape index (κ3) is 5.12. The summed E-state index contributed by atoms with van der Waals surface area (Å²) in [6.07, 6.45) is 0. The van der Waals surface area contributed by atoms with Gasteiger partial charge in [-0.05, 0) is 51.5 Å². The van der Waals surface area contributed by atoms with Gasteiger partial charge in [0.1, 0.15) is 5.82 Å². The third-order valence-corrected chi connectivity index (χ3v) is 2.15. The summed E-state index contributed by atoms with van der Waals surface area (Å²) in [4.78, 5) is 0. The van der Waals surface area contributed by atoms with Crippen LogP contribution in [0, 0.1) is 12.7 Å². The molecule has 0 aliphatic rings. The maximum Gasteiger partial charge on any atom is 0.125 e. The van der Waals surface area contributed by atoms with Gasteiger partial charge in [-0.25, -0.2) is 4.39 Å². The van der Waals surface area contributed by atoms with Crippen LogP contribution in [0.25, 0.3) is 0 Å². The van der Waals surface area contributed by atoms with Crippen LogP contribution < -0.4 is 10.6 Å². The minimum absolute atomic E-state index is 0.125. The molecule has 0 amide bonds. The van der Waals surface area contributed by atoms with Gasteiger partial charge in [-0.15, -0.1) is 0 Å². The zero-order valence-electron chi connectivity index (χ0n) is 10.5. The summed E-state index contributed by atoms with van der Waals surface area (Å²) in [7, 11) is 0. The first kappa shape index (κ1) is 13.0. The molecule has 1 rings (SSSR count). The van der Waals surface area contributed by atoms with Crippen molar-refractivity contribution in [2.75, 3.05) is 18.4 Å². The van der Waals surface area contributed by atoms with Gasteiger partial charge in [0.2, 0.25) is 0 Å². The lowest BCUT2D eigenvalue weighted by Crippen LogP contribution is -2.38. The van der Waals surface area contributed by atoms with E-state index in [4.69, 9.17) is 0 Å². The number of halogens is 1. The van der Waals surface area contributed by atoms with E-state index >= 15 is 0 Å². The van der Waals surface area contributed by atoms with Crippen molar-refractivity contribution in [3.63, 3.8) is 0 Å². The summed E-state index contributed by atoms with van der Waals surface area (Å²) in [6, 6.07) is 4.99. The summed E-state index contributed by atoms with van der Waals surface area (Å²) in [5.74, 6) is -0.189. The Morgan fingerprint density at radius 3 is 2.38 bits per heavy atom. The Labute approximate surface area is 97.3 Å². The second-order valence-corrected chi connectivity index (χ2v) is 5.12. The number of anilines is 1. The van der Waals surface area contributed by atoms with Gasteiger partial charge < -0.3 is 10.6 Å². The molecule has 0 saturated heterocycles. The lowest BCUT2D eigenvalue weighted by Gasteiger charge is -2.20. The van der Waals surface area contributed by atoms with Gasteiger partial charge >= 0.3 is 0 Å². The molecule has 3 heteroatoms. The summed E-state index contributed by atoms with van der Waals surface area (Å²) in [5, 5.41) is 6.56. The molecule has 0 saturated carbocycles. The van der Waals surface area contributed by atoms with Gasteiger partial charge in [-0.3, -0.25) is 0 Å². The molecule has 0 aliphatic heterocycles. The van der Waals surface area contributed by atoms with Crippen molar-refractivity contribution in [3.05, 3.63) is 29.6 Å². The Kier molecular flexibility index (Phi) is 4.30. The molecule has 0 atom stereocenters. The van der Waals surface area contributed by atoms with E-state index in [9.17, 15) is 4.39 Å². The smallest absolute Gasteiger partial charge is 0.125 e. The maximum absolute atomic E-state index is 13.1. The SMILES string of the molecule is Cc1cc(F)cc(NCCNC(C)(C)C)c1. The second-order valence-electron chi connectivity index (χ2n) is 5.12. The van der Waals surface area contributed by atoms with Crippen LogP contribution in [-0.2, 0) is 0 Å². The fraction of sp³-hybridized carbons (Fsp3) is 0.538. The first-order valence-electron chi connectivity index (χ1n) is 5.63. The second kappa shape index (κ2) is 5.30. The predicted octanol–water partition coefficient (Wildman–Crippen LogP) is 2.93. The Balaban J connectivity index is 2.37. The molecule has 2 nitrogen and oxygen atoms in total. The van der Waals surface area contributed by atoms with E-state index < -0.39 is 0 Å². The summed E-state index contributed by atoms with van der Waals surface area (Å²) in [5.41, 5.74) is 1.90. The van der Waals surface area contributed by atoms with E-state index in [2.05, 4.69) is 31.4 Å². The molecule has 16 heavy (non-hydrogen) atoms. The zero-order valence-corrected chi connectivity index (χ0v) is 10.5. The van der Waals surface area contributed by atoms with Crippen LogP contribution in [0.2, 0.25) is 0 Å². The van der Waals surface area contributed by atoms with E-state index in [0.29, 0.717) is 0 Å². The lowest BCUT2D eigenvalue weighted by atomic mass is 10.1. The monoisotopic (exact) mass is 224 g/mol. The highest BCUT2D eigenvalue weighted by atomic mass is 19.1. The van der Waals surface area contributed by atoms with Crippen molar-refractivity contribution in [2.45, 2.75) is 33.2 Å². The van der Waals surface area contributed by atoms with Gasteiger partial charge in [0.25, 0.3) is 0 Å². The van der Waals surface area contributed by atoms with Gasteiger partial charge in [0, 0.05) is 24.3 Å². The minimum Gasteiger partial charge on any atom is -0.384 e. The molecule has 0 unspecified atom stereocenters. The van der Waals surface area contributed by atoms with Crippen LogP contribution in [0.1, 0.15) is 26.3 Å². The number of aryl methyl sites for hydroxylation is 1. The standard InChI is InChI=1S/C13H21FN2/c1-10-7-11(14)9-12(8-10)15-5-6-16-13(2,3)4/h7-9,15-16H,5-6H2,1-4H3. The van der Waals surface area contributed by atoms with Crippen molar-refractivity contribution in [1.82, 2.24) is 5.32 Å². The molecule has 0 aromatic heterocycles. The number of rotatable bonds is 4. The van der Waals surface area contributed by atoms with E-state index in [1.165, 1.54) is 12.1 Å². The number of nitrogens with one attached hydrogen (secondary N) is 2. The van der Waals surface area contributed by atoms with Gasteiger partial charge in [0.05, 0.1) is 0 Å². The first-order chi connectivity index (χ1) is 7.37. The van der Waals surface area contributed by atoms with Crippen LogP contribution in [0.4, 0.5) is 10.1 Å². The summed E-state index contributed by atoms with van der Waals surface area (Å²) < 4.78 is 13.1. The molecule has 2 N–H and O–H groups in total. The van der Waals surface area contributed by atoms with E-state index in [-0.39, 0.29) is 11.4 Å². The van der Waals surface area contributed by atoms with Gasteiger partial charge in [0.15, 0.2) is 0 Å². The topological polar surface area (TPSA) is 24.1 Å². The highest BCUT2D eigenvalue weighted by Gasteiger charge is 2.07. The van der Waals surface area contributed by atoms with Gasteiger partial charge in [-0.1, -0.05) is 0 Å². The largest absolute Gasteiger partial charge is 0.384 e. The Morgan fingerprint density at radius 1 is 1.12 bits per heavy atom. The van der Waals surface area contributed by atoms with E-state index in [0.717, 1.165) is 24.3 Å². The van der Waals surface area contributed by atoms with Crippen LogP contribution in [-0.4, -0.2) is 18.6 Å². The third-order valence-electron chi connectivity index (χ3n) is 2.15. The Hall–Kier alpha value is -1.09. The van der Waals surface area contributed by atoms with Crippen LogP contribution >= 0.6 is 0 Å². The van der Waals surface area contributed by atoms with E-state index in [1.54, 1.807) is 0 Å². The molecule has 1 aromatic rings. The number of benzene rings is 1. The molecular formula is C13H21FN2. The van der Waals surface area contributed by atoms with Crippen molar-refractivity contribution in [1.29, 1.82) is 0 Å². The average molecular weight is 224 g/mol. The maximum atomic E-state index is 13.1. The fourth-order valence-electron chi connectivity index (χ4n) is 1.48.